The first-order valence-corrected chi connectivity index (χ1v) is 8.22. The van der Waals surface area contributed by atoms with E-state index >= 15 is 0 Å². The van der Waals surface area contributed by atoms with Gasteiger partial charge in [-0.2, -0.15) is 0 Å². The maximum Gasteiger partial charge on any atom is 0.230 e. The number of nitrogens with zero attached hydrogens (tertiary/aromatic N) is 3. The van der Waals surface area contributed by atoms with Crippen molar-refractivity contribution < 1.29 is 9.18 Å². The van der Waals surface area contributed by atoms with Gasteiger partial charge in [0.05, 0.1) is 30.2 Å². The highest BCUT2D eigenvalue weighted by Gasteiger charge is 2.33. The minimum Gasteiger partial charge on any atom is -0.375 e. The summed E-state index contributed by atoms with van der Waals surface area (Å²) in [7, 11) is 3.61. The smallest absolute Gasteiger partial charge is 0.230 e. The lowest BCUT2D eigenvalue weighted by Crippen LogP contribution is -2.40. The number of rotatable bonds is 4. The molecule has 1 N–H and O–H groups in total. The van der Waals surface area contributed by atoms with Crippen LogP contribution >= 0.6 is 0 Å². The lowest BCUT2D eigenvalue weighted by molar-refractivity contribution is -0.135. The van der Waals surface area contributed by atoms with Gasteiger partial charge in [-0.15, -0.1) is 0 Å². The predicted molar refractivity (Wildman–Crippen MR) is 91.4 cm³/mol. The fourth-order valence-corrected chi connectivity index (χ4v) is 3.40. The number of carbonyl (C=O) groups excluding carboxylic acids is 1. The first-order valence-electron chi connectivity index (χ1n) is 8.22. The Morgan fingerprint density at radius 1 is 1.42 bits per heavy atom. The number of hydrogen-bond donors (Lipinski definition) is 1. The van der Waals surface area contributed by atoms with Gasteiger partial charge in [-0.25, -0.2) is 9.37 Å². The van der Waals surface area contributed by atoms with Crippen LogP contribution < -0.4 is 4.90 Å². The minimum absolute atomic E-state index is 0.0531. The third-order valence-corrected chi connectivity index (χ3v) is 4.65. The van der Waals surface area contributed by atoms with Crippen LogP contribution in [0.2, 0.25) is 0 Å². The summed E-state index contributed by atoms with van der Waals surface area (Å²) in [5, 5.41) is 0. The van der Waals surface area contributed by atoms with Crippen molar-refractivity contribution in [3.8, 4) is 0 Å². The monoisotopic (exact) mass is 330 g/mol. The lowest BCUT2D eigenvalue weighted by atomic mass is 9.88. The molecule has 0 saturated carbocycles. The zero-order valence-electron chi connectivity index (χ0n) is 14.3. The van der Waals surface area contributed by atoms with Crippen LogP contribution in [0.4, 0.5) is 10.1 Å². The second-order valence-corrected chi connectivity index (χ2v) is 6.50. The van der Waals surface area contributed by atoms with E-state index in [1.54, 1.807) is 31.4 Å². The first-order chi connectivity index (χ1) is 11.5. The summed E-state index contributed by atoms with van der Waals surface area (Å²) in [4.78, 5) is 23.9. The lowest BCUT2D eigenvalue weighted by Gasteiger charge is -2.34. The largest absolute Gasteiger partial charge is 0.375 e. The van der Waals surface area contributed by atoms with E-state index in [2.05, 4.69) is 9.97 Å². The molecule has 2 heterocycles. The van der Waals surface area contributed by atoms with Gasteiger partial charge in [-0.3, -0.25) is 4.79 Å². The summed E-state index contributed by atoms with van der Waals surface area (Å²) in [6.07, 6.45) is 3.30. The SMILES string of the molecule is Cc1[nH]cnc1CN1CCCC(c2cccc(F)c2N(C)C)C1=O. The van der Waals surface area contributed by atoms with Gasteiger partial charge in [0, 0.05) is 26.3 Å². The average molecular weight is 330 g/mol. The van der Waals surface area contributed by atoms with E-state index in [-0.39, 0.29) is 17.6 Å². The molecule has 1 aromatic carbocycles. The van der Waals surface area contributed by atoms with Crippen molar-refractivity contribution in [1.29, 1.82) is 0 Å². The molecule has 0 spiro atoms. The summed E-state index contributed by atoms with van der Waals surface area (Å²) in [5.41, 5.74) is 3.14. The number of benzene rings is 1. The highest BCUT2D eigenvalue weighted by Crippen LogP contribution is 2.36. The third kappa shape index (κ3) is 3.00. The molecule has 1 aliphatic rings. The van der Waals surface area contributed by atoms with Crippen LogP contribution in [-0.4, -0.2) is 41.4 Å². The van der Waals surface area contributed by atoms with Gasteiger partial charge in [-0.1, -0.05) is 12.1 Å². The fourth-order valence-electron chi connectivity index (χ4n) is 3.40. The van der Waals surface area contributed by atoms with E-state index in [9.17, 15) is 9.18 Å². The molecule has 6 heteroatoms. The molecule has 1 fully saturated rings. The Bertz CT molecular complexity index is 740. The Hall–Kier alpha value is -2.37. The summed E-state index contributed by atoms with van der Waals surface area (Å²) in [6.45, 7) is 3.16. The average Bonchev–Trinajstić information content (AvgIpc) is 2.94. The molecule has 1 aromatic heterocycles. The van der Waals surface area contributed by atoms with E-state index in [0.29, 0.717) is 18.8 Å². The van der Waals surface area contributed by atoms with Gasteiger partial charge < -0.3 is 14.8 Å². The molecule has 24 heavy (non-hydrogen) atoms. The second kappa shape index (κ2) is 6.63. The Labute approximate surface area is 141 Å². The van der Waals surface area contributed by atoms with Crippen molar-refractivity contribution in [2.45, 2.75) is 32.2 Å². The van der Waals surface area contributed by atoms with Gasteiger partial charge in [0.1, 0.15) is 5.82 Å². The number of hydrogen-bond acceptors (Lipinski definition) is 3. The molecule has 5 nitrogen and oxygen atoms in total. The van der Waals surface area contributed by atoms with Crippen LogP contribution in [0.15, 0.2) is 24.5 Å². The Morgan fingerprint density at radius 2 is 2.21 bits per heavy atom. The number of aromatic nitrogens is 2. The van der Waals surface area contributed by atoms with E-state index in [1.165, 1.54) is 6.07 Å². The summed E-state index contributed by atoms with van der Waals surface area (Å²) in [6, 6.07) is 4.99. The molecule has 1 amide bonds. The standard InChI is InChI=1S/C18H23FN4O/c1-12-16(21-11-20-12)10-23-9-5-7-14(18(23)24)13-6-4-8-15(19)17(13)22(2)3/h4,6,8,11,14H,5,7,9-10H2,1-3H3,(H,20,21). The first kappa shape index (κ1) is 16.5. The number of aryl methyl sites for hydroxylation is 1. The third-order valence-electron chi connectivity index (χ3n) is 4.65. The molecule has 1 aliphatic heterocycles. The molecule has 0 bridgehead atoms. The molecule has 3 rings (SSSR count). The fraction of sp³-hybridized carbons (Fsp3) is 0.444. The van der Waals surface area contributed by atoms with E-state index in [0.717, 1.165) is 29.8 Å². The van der Waals surface area contributed by atoms with Crippen molar-refractivity contribution in [2.75, 3.05) is 25.5 Å². The number of anilines is 1. The highest BCUT2D eigenvalue weighted by atomic mass is 19.1. The Morgan fingerprint density at radius 3 is 2.88 bits per heavy atom. The number of amides is 1. The van der Waals surface area contributed by atoms with Gasteiger partial charge in [0.2, 0.25) is 5.91 Å². The van der Waals surface area contributed by atoms with Crippen LogP contribution in [0.25, 0.3) is 0 Å². The van der Waals surface area contributed by atoms with Crippen LogP contribution in [0, 0.1) is 12.7 Å². The number of likely N-dealkylation sites (tertiary alicyclic amines) is 1. The number of carbonyl (C=O) groups is 1. The Kier molecular flexibility index (Phi) is 4.55. The van der Waals surface area contributed by atoms with Crippen LogP contribution in [0.3, 0.4) is 0 Å². The quantitative estimate of drug-likeness (QED) is 0.938. The molecule has 1 atom stereocenters. The zero-order chi connectivity index (χ0) is 17.3. The summed E-state index contributed by atoms with van der Waals surface area (Å²) in [5.74, 6) is -0.533. The van der Waals surface area contributed by atoms with Crippen LogP contribution in [0.1, 0.15) is 35.7 Å². The molecule has 128 valence electrons. The van der Waals surface area contributed by atoms with Gasteiger partial charge in [-0.05, 0) is 31.4 Å². The van der Waals surface area contributed by atoms with E-state index in [4.69, 9.17) is 0 Å². The number of para-hydroxylation sites is 1. The maximum absolute atomic E-state index is 14.3. The predicted octanol–water partition coefficient (Wildman–Crippen LogP) is 2.83. The van der Waals surface area contributed by atoms with Gasteiger partial charge in [0.15, 0.2) is 0 Å². The molecule has 0 aliphatic carbocycles. The van der Waals surface area contributed by atoms with E-state index in [1.807, 2.05) is 17.9 Å². The molecule has 1 unspecified atom stereocenters. The number of piperidine rings is 1. The summed E-state index contributed by atoms with van der Waals surface area (Å²) < 4.78 is 14.3. The highest BCUT2D eigenvalue weighted by molar-refractivity contribution is 5.86. The number of halogens is 1. The molecule has 2 aromatic rings. The van der Waals surface area contributed by atoms with Gasteiger partial charge in [0.25, 0.3) is 0 Å². The molecule has 1 saturated heterocycles. The zero-order valence-corrected chi connectivity index (χ0v) is 14.3. The van der Waals surface area contributed by atoms with Crippen molar-refractivity contribution in [1.82, 2.24) is 14.9 Å². The molecular weight excluding hydrogens is 307 g/mol. The van der Waals surface area contributed by atoms with Gasteiger partial charge >= 0.3 is 0 Å². The normalized spacial score (nSPS) is 18.1. The number of imidazole rings is 1. The van der Waals surface area contributed by atoms with Crippen LogP contribution in [-0.2, 0) is 11.3 Å². The van der Waals surface area contributed by atoms with Crippen molar-refractivity contribution in [2.24, 2.45) is 0 Å². The molecular formula is C18H23FN4O. The van der Waals surface area contributed by atoms with E-state index < -0.39 is 0 Å². The van der Waals surface area contributed by atoms with Crippen molar-refractivity contribution >= 4 is 11.6 Å². The number of nitrogens with one attached hydrogen (secondary N) is 1. The topological polar surface area (TPSA) is 52.2 Å². The minimum atomic E-state index is -0.300. The summed E-state index contributed by atoms with van der Waals surface area (Å²) >= 11 is 0. The second-order valence-electron chi connectivity index (χ2n) is 6.50. The maximum atomic E-state index is 14.3. The molecule has 0 radical (unpaired) electrons. The Balaban J connectivity index is 1.88. The van der Waals surface area contributed by atoms with Crippen LogP contribution in [0.5, 0.6) is 0 Å². The van der Waals surface area contributed by atoms with Crippen molar-refractivity contribution in [3.63, 3.8) is 0 Å². The number of H-pyrrole nitrogens is 1. The van der Waals surface area contributed by atoms with Crippen molar-refractivity contribution in [3.05, 3.63) is 47.3 Å². The number of aromatic amines is 1.